The van der Waals surface area contributed by atoms with Gasteiger partial charge in [-0.1, -0.05) is 0 Å². The Morgan fingerprint density at radius 3 is 3.14 bits per heavy atom. The third-order valence-corrected chi connectivity index (χ3v) is 2.08. The van der Waals surface area contributed by atoms with Gasteiger partial charge in [0.05, 0.1) is 12.9 Å². The molecular weight excluding hydrogens is 184 g/mol. The number of hydrogen-bond donors (Lipinski definition) is 4. The Kier molecular flexibility index (Phi) is 4.34. The Labute approximate surface area is 82.6 Å². The Bertz CT molecular complexity index is 211. The fraction of sp³-hybridized carbons (Fsp3) is 0.750. The number of nitrogens with two attached hydrogens (primary N) is 1. The second-order valence-electron chi connectivity index (χ2n) is 3.23. The Morgan fingerprint density at radius 2 is 2.64 bits per heavy atom. The summed E-state index contributed by atoms with van der Waals surface area (Å²) in [5.41, 5.74) is 5.29. The van der Waals surface area contributed by atoms with Gasteiger partial charge < -0.3 is 21.5 Å². The van der Waals surface area contributed by atoms with Crippen molar-refractivity contribution in [3.8, 4) is 0 Å². The number of carboxylic acids is 1. The maximum absolute atomic E-state index is 10.8. The topological polar surface area (TPSA) is 99.7 Å². The molecule has 0 amide bonds. The van der Waals surface area contributed by atoms with Crippen molar-refractivity contribution in [2.24, 2.45) is 10.7 Å². The van der Waals surface area contributed by atoms with Gasteiger partial charge in [0.15, 0.2) is 0 Å². The van der Waals surface area contributed by atoms with E-state index in [1.54, 1.807) is 6.34 Å². The number of hydrogen-bond acceptors (Lipinski definition) is 5. The summed E-state index contributed by atoms with van der Waals surface area (Å²) in [7, 11) is 0. The van der Waals surface area contributed by atoms with Crippen molar-refractivity contribution >= 4 is 12.3 Å². The molecular formula is C8H16N4O2. The van der Waals surface area contributed by atoms with E-state index < -0.39 is 12.0 Å². The molecule has 14 heavy (non-hydrogen) atoms. The zero-order valence-electron chi connectivity index (χ0n) is 7.94. The molecule has 0 aromatic heterocycles. The second kappa shape index (κ2) is 5.56. The van der Waals surface area contributed by atoms with Crippen molar-refractivity contribution in [1.82, 2.24) is 10.6 Å². The van der Waals surface area contributed by atoms with E-state index in [4.69, 9.17) is 10.8 Å². The molecule has 0 spiro atoms. The molecule has 0 saturated carbocycles. The Hall–Kier alpha value is -1.14. The summed E-state index contributed by atoms with van der Waals surface area (Å²) in [6, 6.07) is -0.417. The first-order valence-corrected chi connectivity index (χ1v) is 4.64. The first kappa shape index (κ1) is 10.9. The molecule has 0 aromatic rings. The van der Waals surface area contributed by atoms with E-state index in [1.165, 1.54) is 0 Å². The van der Waals surface area contributed by atoms with Crippen LogP contribution in [0.2, 0.25) is 0 Å². The van der Waals surface area contributed by atoms with E-state index in [9.17, 15) is 4.79 Å². The third kappa shape index (κ3) is 3.31. The summed E-state index contributed by atoms with van der Waals surface area (Å²) in [4.78, 5) is 14.8. The number of nitrogens with one attached hydrogen (secondary N) is 2. The summed E-state index contributed by atoms with van der Waals surface area (Å²) >= 11 is 0. The molecule has 0 radical (unpaired) electrons. The first-order chi connectivity index (χ1) is 6.74. The zero-order chi connectivity index (χ0) is 10.4. The highest BCUT2D eigenvalue weighted by molar-refractivity contribution is 5.73. The van der Waals surface area contributed by atoms with Crippen LogP contribution in [0, 0.1) is 0 Å². The SMILES string of the molecule is NCCN[C@H](CC1CN=CN1)C(=O)O. The molecule has 5 N–H and O–H groups in total. The van der Waals surface area contributed by atoms with Gasteiger partial charge in [0, 0.05) is 19.1 Å². The highest BCUT2D eigenvalue weighted by atomic mass is 16.4. The lowest BCUT2D eigenvalue weighted by molar-refractivity contribution is -0.139. The molecule has 1 aliphatic heterocycles. The molecule has 1 aliphatic rings. The van der Waals surface area contributed by atoms with Gasteiger partial charge in [-0.25, -0.2) is 0 Å². The summed E-state index contributed by atoms with van der Waals surface area (Å²) in [6.07, 6.45) is 2.14. The van der Waals surface area contributed by atoms with Crippen LogP contribution in [-0.2, 0) is 4.79 Å². The molecule has 80 valence electrons. The molecule has 1 heterocycles. The standard InChI is InChI=1S/C8H16N4O2/c9-1-2-11-7(8(13)14)3-6-4-10-5-12-6/h5-7,11H,1-4,9H2,(H,10,12)(H,13,14)/t6?,7-/m1/s1. The quantitative estimate of drug-likeness (QED) is 0.413. The highest BCUT2D eigenvalue weighted by Gasteiger charge is 2.22. The van der Waals surface area contributed by atoms with Crippen LogP contribution in [-0.4, -0.2) is 49.1 Å². The number of nitrogens with zero attached hydrogens (tertiary/aromatic N) is 1. The van der Waals surface area contributed by atoms with Crippen LogP contribution in [0.25, 0.3) is 0 Å². The van der Waals surface area contributed by atoms with E-state index in [0.29, 0.717) is 26.1 Å². The Morgan fingerprint density at radius 1 is 1.86 bits per heavy atom. The number of aliphatic carboxylic acids is 1. The minimum absolute atomic E-state index is 0.126. The van der Waals surface area contributed by atoms with Gasteiger partial charge in [0.2, 0.25) is 0 Å². The minimum atomic E-state index is -0.841. The van der Waals surface area contributed by atoms with Crippen molar-refractivity contribution in [3.05, 3.63) is 0 Å². The van der Waals surface area contributed by atoms with Crippen molar-refractivity contribution in [2.75, 3.05) is 19.6 Å². The van der Waals surface area contributed by atoms with Crippen molar-refractivity contribution in [1.29, 1.82) is 0 Å². The molecule has 0 fully saturated rings. The third-order valence-electron chi connectivity index (χ3n) is 2.08. The van der Waals surface area contributed by atoms with Crippen LogP contribution >= 0.6 is 0 Å². The predicted octanol–water partition coefficient (Wildman–Crippen LogP) is -1.62. The monoisotopic (exact) mass is 200 g/mol. The number of carboxylic acid groups (broad SMARTS) is 1. The predicted molar refractivity (Wildman–Crippen MR) is 53.4 cm³/mol. The number of carbonyl (C=O) groups is 1. The molecule has 0 aliphatic carbocycles. The summed E-state index contributed by atoms with van der Waals surface area (Å²) in [6.45, 7) is 1.61. The molecule has 1 rings (SSSR count). The van der Waals surface area contributed by atoms with E-state index in [0.717, 1.165) is 0 Å². The fourth-order valence-corrected chi connectivity index (χ4v) is 1.35. The Balaban J connectivity index is 2.30. The number of rotatable bonds is 6. The van der Waals surface area contributed by atoms with Gasteiger partial charge >= 0.3 is 5.97 Å². The van der Waals surface area contributed by atoms with Gasteiger partial charge in [-0.3, -0.25) is 9.79 Å². The molecule has 0 aromatic carbocycles. The van der Waals surface area contributed by atoms with E-state index in [2.05, 4.69) is 15.6 Å². The first-order valence-electron chi connectivity index (χ1n) is 4.64. The van der Waals surface area contributed by atoms with Gasteiger partial charge in [0.25, 0.3) is 0 Å². The average Bonchev–Trinajstić information content (AvgIpc) is 2.64. The van der Waals surface area contributed by atoms with Gasteiger partial charge in [-0.15, -0.1) is 0 Å². The normalized spacial score (nSPS) is 21.9. The summed E-state index contributed by atoms with van der Waals surface area (Å²) in [5, 5.41) is 14.8. The maximum Gasteiger partial charge on any atom is 0.320 e. The van der Waals surface area contributed by atoms with E-state index in [1.807, 2.05) is 0 Å². The maximum atomic E-state index is 10.8. The minimum Gasteiger partial charge on any atom is -0.480 e. The number of aliphatic imine (C=N–C) groups is 1. The zero-order valence-corrected chi connectivity index (χ0v) is 7.94. The lowest BCUT2D eigenvalue weighted by Crippen LogP contribution is -2.44. The second-order valence-corrected chi connectivity index (χ2v) is 3.23. The molecule has 6 heteroatoms. The largest absolute Gasteiger partial charge is 0.480 e. The smallest absolute Gasteiger partial charge is 0.320 e. The molecule has 6 nitrogen and oxygen atoms in total. The van der Waals surface area contributed by atoms with Crippen molar-refractivity contribution in [3.63, 3.8) is 0 Å². The van der Waals surface area contributed by atoms with Crippen LogP contribution in [0.4, 0.5) is 0 Å². The lowest BCUT2D eigenvalue weighted by Gasteiger charge is -2.17. The van der Waals surface area contributed by atoms with Gasteiger partial charge in [-0.05, 0) is 6.42 Å². The lowest BCUT2D eigenvalue weighted by atomic mass is 10.1. The highest BCUT2D eigenvalue weighted by Crippen LogP contribution is 2.02. The average molecular weight is 200 g/mol. The molecule has 0 saturated heterocycles. The fourth-order valence-electron chi connectivity index (χ4n) is 1.35. The van der Waals surface area contributed by atoms with Gasteiger partial charge in [-0.2, -0.15) is 0 Å². The van der Waals surface area contributed by atoms with Crippen LogP contribution in [0.3, 0.4) is 0 Å². The molecule has 0 bridgehead atoms. The van der Waals surface area contributed by atoms with Gasteiger partial charge in [0.1, 0.15) is 6.04 Å². The van der Waals surface area contributed by atoms with Crippen LogP contribution < -0.4 is 16.4 Å². The van der Waals surface area contributed by atoms with E-state index in [-0.39, 0.29) is 6.04 Å². The van der Waals surface area contributed by atoms with Crippen LogP contribution in [0.15, 0.2) is 4.99 Å². The van der Waals surface area contributed by atoms with Crippen molar-refractivity contribution < 1.29 is 9.90 Å². The summed E-state index contributed by atoms with van der Waals surface area (Å²) < 4.78 is 0. The van der Waals surface area contributed by atoms with Crippen molar-refractivity contribution in [2.45, 2.75) is 18.5 Å². The molecule has 1 unspecified atom stereocenters. The van der Waals surface area contributed by atoms with Crippen LogP contribution in [0.5, 0.6) is 0 Å². The molecule has 2 atom stereocenters. The summed E-state index contributed by atoms with van der Waals surface area (Å²) in [5.74, 6) is -0.841. The van der Waals surface area contributed by atoms with E-state index >= 15 is 0 Å². The van der Waals surface area contributed by atoms with Crippen LogP contribution in [0.1, 0.15) is 6.42 Å².